The van der Waals surface area contributed by atoms with E-state index >= 15 is 0 Å². The fraction of sp³-hybridized carbons (Fsp3) is 1.00. The molecule has 3 atom stereocenters. The van der Waals surface area contributed by atoms with Crippen molar-refractivity contribution in [1.82, 2.24) is 10.2 Å². The van der Waals surface area contributed by atoms with Crippen LogP contribution in [-0.4, -0.2) is 37.1 Å². The molecule has 2 saturated heterocycles. The second kappa shape index (κ2) is 2.96. The van der Waals surface area contributed by atoms with E-state index < -0.39 is 0 Å². The number of hydrogen-bond acceptors (Lipinski definition) is 2. The third-order valence-electron chi connectivity index (χ3n) is 4.82. The molecule has 0 aromatic carbocycles. The molecule has 3 rings (SSSR count). The van der Waals surface area contributed by atoms with E-state index in [-0.39, 0.29) is 0 Å². The van der Waals surface area contributed by atoms with Crippen LogP contribution in [0, 0.1) is 17.3 Å². The van der Waals surface area contributed by atoms with Gasteiger partial charge in [-0.1, -0.05) is 13.8 Å². The van der Waals surface area contributed by atoms with Gasteiger partial charge >= 0.3 is 0 Å². The molecule has 1 unspecified atom stereocenters. The molecule has 14 heavy (non-hydrogen) atoms. The molecule has 2 nitrogen and oxygen atoms in total. The van der Waals surface area contributed by atoms with Crippen LogP contribution in [0.15, 0.2) is 0 Å². The predicted molar refractivity (Wildman–Crippen MR) is 58.2 cm³/mol. The highest BCUT2D eigenvalue weighted by atomic mass is 15.2. The summed E-state index contributed by atoms with van der Waals surface area (Å²) in [5.74, 6) is 1.93. The Hall–Kier alpha value is -0.0800. The number of likely N-dealkylation sites (tertiary alicyclic amines) is 1. The Balaban J connectivity index is 1.66. The van der Waals surface area contributed by atoms with Crippen LogP contribution >= 0.6 is 0 Å². The second-order valence-corrected chi connectivity index (χ2v) is 6.18. The standard InChI is InChI=1S/C12H22N2/c1-12(2)4-3-11(12)14-7-9-5-13-6-10(9)8-14/h9-11,13H,3-8H2,1-2H3/t9-,10+,11?. The Labute approximate surface area is 87.0 Å². The van der Waals surface area contributed by atoms with Crippen LogP contribution < -0.4 is 5.32 Å². The largest absolute Gasteiger partial charge is 0.316 e. The molecule has 0 amide bonds. The van der Waals surface area contributed by atoms with Gasteiger partial charge in [-0.15, -0.1) is 0 Å². The number of rotatable bonds is 1. The quantitative estimate of drug-likeness (QED) is 0.677. The Morgan fingerprint density at radius 1 is 1.14 bits per heavy atom. The van der Waals surface area contributed by atoms with E-state index in [1.165, 1.54) is 39.0 Å². The summed E-state index contributed by atoms with van der Waals surface area (Å²) in [6.07, 6.45) is 2.88. The zero-order chi connectivity index (χ0) is 9.76. The van der Waals surface area contributed by atoms with Gasteiger partial charge in [0.1, 0.15) is 0 Å². The third-order valence-corrected chi connectivity index (χ3v) is 4.82. The van der Waals surface area contributed by atoms with E-state index in [9.17, 15) is 0 Å². The highest BCUT2D eigenvalue weighted by Gasteiger charge is 2.47. The molecule has 1 aliphatic carbocycles. The van der Waals surface area contributed by atoms with Crippen molar-refractivity contribution in [3.63, 3.8) is 0 Å². The molecular weight excluding hydrogens is 172 g/mol. The van der Waals surface area contributed by atoms with Crippen molar-refractivity contribution in [1.29, 1.82) is 0 Å². The maximum Gasteiger partial charge on any atom is 0.0147 e. The molecule has 2 heterocycles. The Bertz CT molecular complexity index is 224. The molecule has 2 heteroatoms. The first-order valence-electron chi connectivity index (χ1n) is 6.11. The van der Waals surface area contributed by atoms with Crippen LogP contribution in [0.4, 0.5) is 0 Å². The lowest BCUT2D eigenvalue weighted by molar-refractivity contribution is 0.0102. The SMILES string of the molecule is CC1(C)CCC1N1C[C@H]2CNC[C@H]2C1. The third kappa shape index (κ3) is 1.24. The van der Waals surface area contributed by atoms with Gasteiger partial charge in [0.05, 0.1) is 0 Å². The zero-order valence-corrected chi connectivity index (χ0v) is 9.42. The first kappa shape index (κ1) is 9.17. The molecule has 0 spiro atoms. The molecule has 1 N–H and O–H groups in total. The Morgan fingerprint density at radius 3 is 2.21 bits per heavy atom. The molecule has 3 fully saturated rings. The highest BCUT2D eigenvalue weighted by molar-refractivity contribution is 5.01. The van der Waals surface area contributed by atoms with Crippen molar-refractivity contribution in [3.05, 3.63) is 0 Å². The van der Waals surface area contributed by atoms with Gasteiger partial charge in [0.15, 0.2) is 0 Å². The average Bonchev–Trinajstić information content (AvgIpc) is 2.62. The van der Waals surface area contributed by atoms with E-state index in [2.05, 4.69) is 24.1 Å². The molecule has 1 saturated carbocycles. The van der Waals surface area contributed by atoms with Crippen molar-refractivity contribution in [3.8, 4) is 0 Å². The first-order valence-corrected chi connectivity index (χ1v) is 6.11. The summed E-state index contributed by atoms with van der Waals surface area (Å²) in [6, 6.07) is 0.896. The topological polar surface area (TPSA) is 15.3 Å². The maximum absolute atomic E-state index is 3.51. The van der Waals surface area contributed by atoms with Crippen molar-refractivity contribution in [2.45, 2.75) is 32.7 Å². The van der Waals surface area contributed by atoms with Gasteiger partial charge < -0.3 is 5.32 Å². The van der Waals surface area contributed by atoms with Gasteiger partial charge in [0.2, 0.25) is 0 Å². The van der Waals surface area contributed by atoms with Crippen LogP contribution in [0.5, 0.6) is 0 Å². The Morgan fingerprint density at radius 2 is 1.79 bits per heavy atom. The van der Waals surface area contributed by atoms with Crippen LogP contribution in [0.3, 0.4) is 0 Å². The van der Waals surface area contributed by atoms with Crippen LogP contribution in [-0.2, 0) is 0 Å². The lowest BCUT2D eigenvalue weighted by Crippen LogP contribution is -2.52. The summed E-state index contributed by atoms with van der Waals surface area (Å²) in [4.78, 5) is 2.78. The van der Waals surface area contributed by atoms with Gasteiger partial charge in [-0.25, -0.2) is 0 Å². The first-order chi connectivity index (χ1) is 6.67. The summed E-state index contributed by atoms with van der Waals surface area (Å²) in [5, 5.41) is 3.51. The maximum atomic E-state index is 3.51. The molecule has 80 valence electrons. The Kier molecular flexibility index (Phi) is 1.94. The van der Waals surface area contributed by atoms with E-state index in [4.69, 9.17) is 0 Å². The van der Waals surface area contributed by atoms with E-state index in [0.29, 0.717) is 5.41 Å². The molecule has 2 aliphatic heterocycles. The lowest BCUT2D eigenvalue weighted by Gasteiger charge is -2.49. The van der Waals surface area contributed by atoms with Crippen molar-refractivity contribution in [2.24, 2.45) is 17.3 Å². The zero-order valence-electron chi connectivity index (χ0n) is 9.42. The minimum atomic E-state index is 0.603. The number of fused-ring (bicyclic) bond motifs is 1. The van der Waals surface area contributed by atoms with Crippen LogP contribution in [0.1, 0.15) is 26.7 Å². The van der Waals surface area contributed by atoms with Crippen molar-refractivity contribution < 1.29 is 0 Å². The summed E-state index contributed by atoms with van der Waals surface area (Å²) in [6.45, 7) is 10.2. The molecule has 0 aromatic rings. The molecule has 0 radical (unpaired) electrons. The fourth-order valence-corrected chi connectivity index (χ4v) is 3.67. The summed E-state index contributed by atoms with van der Waals surface area (Å²) < 4.78 is 0. The normalized spacial score (nSPS) is 46.3. The monoisotopic (exact) mass is 194 g/mol. The van der Waals surface area contributed by atoms with Crippen molar-refractivity contribution >= 4 is 0 Å². The minimum absolute atomic E-state index is 0.603. The smallest absolute Gasteiger partial charge is 0.0147 e. The average molecular weight is 194 g/mol. The number of hydrogen-bond donors (Lipinski definition) is 1. The molecule has 0 aromatic heterocycles. The van der Waals surface area contributed by atoms with Gasteiger partial charge in [-0.05, 0) is 43.2 Å². The van der Waals surface area contributed by atoms with Crippen LogP contribution in [0.25, 0.3) is 0 Å². The molecule has 3 aliphatic rings. The molecular formula is C12H22N2. The van der Waals surface area contributed by atoms with Crippen LogP contribution in [0.2, 0.25) is 0 Å². The number of nitrogens with one attached hydrogen (secondary N) is 1. The van der Waals surface area contributed by atoms with Gasteiger partial charge in [-0.3, -0.25) is 4.90 Å². The minimum Gasteiger partial charge on any atom is -0.316 e. The van der Waals surface area contributed by atoms with E-state index in [1.807, 2.05) is 0 Å². The van der Waals surface area contributed by atoms with Crippen molar-refractivity contribution in [2.75, 3.05) is 26.2 Å². The van der Waals surface area contributed by atoms with Gasteiger partial charge in [0, 0.05) is 19.1 Å². The molecule has 0 bridgehead atoms. The summed E-state index contributed by atoms with van der Waals surface area (Å²) in [5.41, 5.74) is 0.603. The lowest BCUT2D eigenvalue weighted by atomic mass is 9.66. The van der Waals surface area contributed by atoms with Gasteiger partial charge in [-0.2, -0.15) is 0 Å². The predicted octanol–water partition coefficient (Wildman–Crippen LogP) is 1.33. The number of nitrogens with zero attached hydrogens (tertiary/aromatic N) is 1. The highest BCUT2D eigenvalue weighted by Crippen LogP contribution is 2.45. The van der Waals surface area contributed by atoms with E-state index in [1.54, 1.807) is 0 Å². The summed E-state index contributed by atoms with van der Waals surface area (Å²) in [7, 11) is 0. The van der Waals surface area contributed by atoms with E-state index in [0.717, 1.165) is 17.9 Å². The van der Waals surface area contributed by atoms with Gasteiger partial charge in [0.25, 0.3) is 0 Å². The fourth-order valence-electron chi connectivity index (χ4n) is 3.67. The second-order valence-electron chi connectivity index (χ2n) is 6.18. The summed E-state index contributed by atoms with van der Waals surface area (Å²) >= 11 is 0.